The molecule has 0 radical (unpaired) electrons. The van der Waals surface area contributed by atoms with Crippen LogP contribution in [-0.4, -0.2) is 42.8 Å². The molecule has 5 nitrogen and oxygen atoms in total. The maximum absolute atomic E-state index is 13.4. The molecule has 3 aromatic carbocycles. The fraction of sp³-hybridized carbons (Fsp3) is 0.185. The van der Waals surface area contributed by atoms with Crippen LogP contribution in [0.25, 0.3) is 16.8 Å². The fourth-order valence-electron chi connectivity index (χ4n) is 3.57. The van der Waals surface area contributed by atoms with Crippen LogP contribution in [0.2, 0.25) is 0 Å². The second-order valence-electron chi connectivity index (χ2n) is 7.34. The van der Waals surface area contributed by atoms with Gasteiger partial charge in [-0.1, -0.05) is 54.5 Å². The van der Waals surface area contributed by atoms with Crippen molar-refractivity contribution in [2.45, 2.75) is 6.42 Å². The summed E-state index contributed by atoms with van der Waals surface area (Å²) in [5.41, 5.74) is 1.63. The maximum atomic E-state index is 13.4. The Morgan fingerprint density at radius 3 is 2.67 bits per heavy atom. The fourth-order valence-corrected chi connectivity index (χ4v) is 4.58. The van der Waals surface area contributed by atoms with Crippen LogP contribution < -0.4 is 4.74 Å². The van der Waals surface area contributed by atoms with Crippen LogP contribution in [-0.2, 0) is 9.53 Å². The van der Waals surface area contributed by atoms with Crippen LogP contribution in [0.3, 0.4) is 0 Å². The van der Waals surface area contributed by atoms with Gasteiger partial charge in [0.1, 0.15) is 12.4 Å². The van der Waals surface area contributed by atoms with E-state index in [4.69, 9.17) is 20.9 Å². The van der Waals surface area contributed by atoms with Crippen molar-refractivity contribution in [3.8, 4) is 18.1 Å². The van der Waals surface area contributed by atoms with E-state index in [0.29, 0.717) is 35.4 Å². The average molecular weight is 457 g/mol. The lowest BCUT2D eigenvalue weighted by atomic mass is 10.0. The van der Waals surface area contributed by atoms with Crippen molar-refractivity contribution in [3.63, 3.8) is 0 Å². The predicted octanol–water partition coefficient (Wildman–Crippen LogP) is 5.49. The SMILES string of the molecule is C#CCOc1ccc2ccccc2c1/C=C1\SC(=Nc2ccccc2)N(CCCOC)C1=O. The van der Waals surface area contributed by atoms with Crippen molar-refractivity contribution in [2.24, 2.45) is 4.99 Å². The Morgan fingerprint density at radius 1 is 1.09 bits per heavy atom. The van der Waals surface area contributed by atoms with Gasteiger partial charge >= 0.3 is 0 Å². The number of thioether (sulfide) groups is 1. The van der Waals surface area contributed by atoms with Crippen LogP contribution >= 0.6 is 11.8 Å². The largest absolute Gasteiger partial charge is 0.480 e. The third kappa shape index (κ3) is 5.28. The number of carbonyl (C=O) groups excluding carboxylic acids is 1. The van der Waals surface area contributed by atoms with E-state index < -0.39 is 0 Å². The Hall–Kier alpha value is -3.53. The number of hydrogen-bond acceptors (Lipinski definition) is 5. The summed E-state index contributed by atoms with van der Waals surface area (Å²) >= 11 is 1.37. The van der Waals surface area contributed by atoms with Crippen LogP contribution in [0, 0.1) is 12.3 Å². The number of methoxy groups -OCH3 is 1. The van der Waals surface area contributed by atoms with Crippen LogP contribution in [0.5, 0.6) is 5.75 Å². The van der Waals surface area contributed by atoms with Crippen molar-refractivity contribution in [1.82, 2.24) is 4.90 Å². The van der Waals surface area contributed by atoms with Gasteiger partial charge in [0, 0.05) is 25.8 Å². The number of terminal acetylenes is 1. The number of amidine groups is 1. The molecule has 0 atom stereocenters. The van der Waals surface area contributed by atoms with Gasteiger partial charge in [-0.25, -0.2) is 4.99 Å². The van der Waals surface area contributed by atoms with Crippen LogP contribution in [0.15, 0.2) is 76.6 Å². The zero-order valence-electron chi connectivity index (χ0n) is 18.4. The zero-order valence-corrected chi connectivity index (χ0v) is 19.2. The Labute approximate surface area is 198 Å². The molecule has 166 valence electrons. The molecule has 0 N–H and O–H groups in total. The second-order valence-corrected chi connectivity index (χ2v) is 8.34. The Morgan fingerprint density at radius 2 is 1.88 bits per heavy atom. The van der Waals surface area contributed by atoms with Crippen LogP contribution in [0.4, 0.5) is 5.69 Å². The molecule has 1 aliphatic heterocycles. The van der Waals surface area contributed by atoms with E-state index in [0.717, 1.165) is 22.0 Å². The van der Waals surface area contributed by atoms with Crippen LogP contribution in [0.1, 0.15) is 12.0 Å². The molecule has 0 unspecified atom stereocenters. The minimum Gasteiger partial charge on any atom is -0.480 e. The average Bonchev–Trinajstić information content (AvgIpc) is 3.13. The summed E-state index contributed by atoms with van der Waals surface area (Å²) in [6.45, 7) is 1.25. The van der Waals surface area contributed by atoms with E-state index in [1.807, 2.05) is 72.8 Å². The number of hydrogen-bond donors (Lipinski definition) is 0. The number of rotatable bonds is 8. The van der Waals surface area contributed by atoms with Gasteiger partial charge in [0.05, 0.1) is 10.6 Å². The summed E-state index contributed by atoms with van der Waals surface area (Å²) in [6.07, 6.45) is 8.01. The highest BCUT2D eigenvalue weighted by molar-refractivity contribution is 8.18. The highest BCUT2D eigenvalue weighted by Gasteiger charge is 2.33. The standard InChI is InChI=1S/C27H24N2O3S/c1-3-17-32-24-15-14-20-10-7-8-13-22(20)23(24)19-25-26(30)29(16-9-18-31-2)27(33-25)28-21-11-5-4-6-12-21/h1,4-8,10-15,19H,9,16-18H2,2H3/b25-19-,28-27?. The van der Waals surface area contributed by atoms with E-state index in [2.05, 4.69) is 5.92 Å². The van der Waals surface area contributed by atoms with E-state index in [1.54, 1.807) is 12.0 Å². The number of para-hydroxylation sites is 1. The first-order chi connectivity index (χ1) is 16.2. The first-order valence-electron chi connectivity index (χ1n) is 10.6. The predicted molar refractivity (Wildman–Crippen MR) is 136 cm³/mol. The summed E-state index contributed by atoms with van der Waals surface area (Å²) in [5.74, 6) is 3.07. The lowest BCUT2D eigenvalue weighted by molar-refractivity contribution is -0.122. The van der Waals surface area contributed by atoms with Crippen molar-refractivity contribution >= 4 is 45.4 Å². The van der Waals surface area contributed by atoms with Gasteiger partial charge in [-0.2, -0.15) is 0 Å². The number of aliphatic imine (C=N–C) groups is 1. The van der Waals surface area contributed by atoms with E-state index in [-0.39, 0.29) is 12.5 Å². The van der Waals surface area contributed by atoms with E-state index in [9.17, 15) is 4.79 Å². The molecular formula is C27H24N2O3S. The molecule has 0 aromatic heterocycles. The first-order valence-corrected chi connectivity index (χ1v) is 11.4. The maximum Gasteiger partial charge on any atom is 0.266 e. The number of fused-ring (bicyclic) bond motifs is 1. The summed E-state index contributed by atoms with van der Waals surface area (Å²) in [4.78, 5) is 20.5. The van der Waals surface area contributed by atoms with Gasteiger partial charge in [0.15, 0.2) is 5.17 Å². The number of benzene rings is 3. The molecule has 0 spiro atoms. The molecular weight excluding hydrogens is 432 g/mol. The minimum atomic E-state index is -0.0818. The highest BCUT2D eigenvalue weighted by Crippen LogP contribution is 2.38. The topological polar surface area (TPSA) is 51.1 Å². The summed E-state index contributed by atoms with van der Waals surface area (Å²) in [5, 5.41) is 2.70. The third-order valence-corrected chi connectivity index (χ3v) is 6.12. The molecule has 0 bridgehead atoms. The molecule has 1 aliphatic rings. The lowest BCUT2D eigenvalue weighted by Gasteiger charge is -2.15. The molecule has 4 rings (SSSR count). The number of amides is 1. The summed E-state index contributed by atoms with van der Waals surface area (Å²) < 4.78 is 11.0. The lowest BCUT2D eigenvalue weighted by Crippen LogP contribution is -2.30. The third-order valence-electron chi connectivity index (χ3n) is 5.12. The normalized spacial score (nSPS) is 16.0. The second kappa shape index (κ2) is 10.9. The minimum absolute atomic E-state index is 0.0818. The monoisotopic (exact) mass is 456 g/mol. The van der Waals surface area contributed by atoms with Crippen molar-refractivity contribution in [3.05, 3.63) is 77.2 Å². The smallest absolute Gasteiger partial charge is 0.266 e. The quantitative estimate of drug-likeness (QED) is 0.255. The van der Waals surface area contributed by atoms with E-state index in [1.165, 1.54) is 11.8 Å². The van der Waals surface area contributed by atoms with Crippen molar-refractivity contribution < 1.29 is 14.3 Å². The Balaban J connectivity index is 1.76. The number of carbonyl (C=O) groups is 1. The van der Waals surface area contributed by atoms with Gasteiger partial charge in [-0.15, -0.1) is 6.42 Å². The molecule has 1 heterocycles. The number of ether oxygens (including phenoxy) is 2. The molecule has 33 heavy (non-hydrogen) atoms. The first kappa shape index (κ1) is 22.7. The molecule has 1 fully saturated rings. The zero-order chi connectivity index (χ0) is 23.0. The summed E-state index contributed by atoms with van der Waals surface area (Å²) in [6, 6.07) is 21.5. The molecule has 0 saturated carbocycles. The van der Waals surface area contributed by atoms with Gasteiger partial charge in [0.25, 0.3) is 5.91 Å². The molecule has 6 heteroatoms. The molecule has 3 aromatic rings. The highest BCUT2D eigenvalue weighted by atomic mass is 32.2. The van der Waals surface area contributed by atoms with Crippen molar-refractivity contribution in [1.29, 1.82) is 0 Å². The van der Waals surface area contributed by atoms with Crippen molar-refractivity contribution in [2.75, 3.05) is 26.9 Å². The summed E-state index contributed by atoms with van der Waals surface area (Å²) in [7, 11) is 1.66. The Kier molecular flexibility index (Phi) is 7.46. The van der Waals surface area contributed by atoms with Gasteiger partial charge in [0.2, 0.25) is 0 Å². The van der Waals surface area contributed by atoms with Gasteiger partial charge in [-0.05, 0) is 53.2 Å². The van der Waals surface area contributed by atoms with Gasteiger partial charge in [-0.3, -0.25) is 9.69 Å². The van der Waals surface area contributed by atoms with Gasteiger partial charge < -0.3 is 9.47 Å². The molecule has 1 saturated heterocycles. The molecule has 1 amide bonds. The van der Waals surface area contributed by atoms with E-state index >= 15 is 0 Å². The Bertz CT molecular complexity index is 1250. The molecule has 0 aliphatic carbocycles. The number of nitrogens with zero attached hydrogens (tertiary/aromatic N) is 2.